The Kier molecular flexibility index (Phi) is 3.81. The molecule has 5 heteroatoms. The number of aryl methyl sites for hydroxylation is 1. The van der Waals surface area contributed by atoms with Gasteiger partial charge in [-0.15, -0.1) is 0 Å². The highest BCUT2D eigenvalue weighted by atomic mass is 35.5. The first-order valence-electron chi connectivity index (χ1n) is 6.90. The van der Waals surface area contributed by atoms with Crippen molar-refractivity contribution in [3.05, 3.63) is 64.2 Å². The Morgan fingerprint density at radius 1 is 1.27 bits per heavy atom. The van der Waals surface area contributed by atoms with Crippen molar-refractivity contribution in [2.45, 2.75) is 12.7 Å². The average Bonchev–Trinajstić information content (AvgIpc) is 2.80. The smallest absolute Gasteiger partial charge is 0.271 e. The molecule has 0 fully saturated rings. The minimum atomic E-state index is -1.54. The van der Waals surface area contributed by atoms with Crippen molar-refractivity contribution in [3.63, 3.8) is 0 Å². The summed E-state index contributed by atoms with van der Waals surface area (Å²) in [5.41, 5.74) is 2.33. The molecule has 0 saturated heterocycles. The molecule has 22 heavy (non-hydrogen) atoms. The Morgan fingerprint density at radius 3 is 2.77 bits per heavy atom. The largest absolute Gasteiger partial charge is 0.486 e. The van der Waals surface area contributed by atoms with E-state index in [1.54, 1.807) is 19.2 Å². The topological polar surface area (TPSA) is 51.0 Å². The van der Waals surface area contributed by atoms with Crippen LogP contribution in [0.4, 0.5) is 0 Å². The van der Waals surface area contributed by atoms with Crippen molar-refractivity contribution in [3.8, 4) is 5.75 Å². The number of fused-ring (bicyclic) bond motifs is 1. The molecule has 4 nitrogen and oxygen atoms in total. The molecule has 114 valence electrons. The zero-order valence-electron chi connectivity index (χ0n) is 12.3. The second-order valence-electron chi connectivity index (χ2n) is 5.16. The summed E-state index contributed by atoms with van der Waals surface area (Å²) in [4.78, 5) is 4.07. The fourth-order valence-corrected chi connectivity index (χ4v) is 2.73. The Hall–Kier alpha value is -2.04. The first kappa shape index (κ1) is 14.9. The van der Waals surface area contributed by atoms with Crippen LogP contribution in [0.15, 0.2) is 47.5 Å². The lowest BCUT2D eigenvalue weighted by molar-refractivity contribution is -0.169. The van der Waals surface area contributed by atoms with Crippen molar-refractivity contribution < 1.29 is 14.6 Å². The van der Waals surface area contributed by atoms with Gasteiger partial charge in [-0.3, -0.25) is 4.99 Å². The standard InChI is InChI=1S/C17H16ClNO3/c1-11-9-12(18)7-8-15(11)21-10-17(20)14-6-4-3-5-13(14)16(19-2)22-17/h3-9,20H,10H2,1-2H3. The third kappa shape index (κ3) is 2.56. The number of aliphatic imine (C=N–C) groups is 1. The summed E-state index contributed by atoms with van der Waals surface area (Å²) in [6.45, 7) is 1.86. The molecule has 1 N–H and O–H groups in total. The maximum atomic E-state index is 10.8. The average molecular weight is 318 g/mol. The number of hydrogen-bond acceptors (Lipinski definition) is 4. The third-order valence-electron chi connectivity index (χ3n) is 3.61. The highest BCUT2D eigenvalue weighted by Gasteiger charge is 2.43. The first-order valence-corrected chi connectivity index (χ1v) is 7.28. The van der Waals surface area contributed by atoms with Crippen LogP contribution in [0.1, 0.15) is 16.7 Å². The van der Waals surface area contributed by atoms with Gasteiger partial charge in [0.05, 0.1) is 0 Å². The van der Waals surface area contributed by atoms with E-state index < -0.39 is 5.79 Å². The van der Waals surface area contributed by atoms with Crippen LogP contribution in [-0.2, 0) is 10.5 Å². The van der Waals surface area contributed by atoms with Gasteiger partial charge in [0, 0.05) is 23.2 Å². The van der Waals surface area contributed by atoms with E-state index in [9.17, 15) is 5.11 Å². The van der Waals surface area contributed by atoms with Gasteiger partial charge in [-0.05, 0) is 36.8 Å². The van der Waals surface area contributed by atoms with E-state index in [1.807, 2.05) is 37.3 Å². The number of benzene rings is 2. The van der Waals surface area contributed by atoms with Crippen molar-refractivity contribution in [2.75, 3.05) is 13.7 Å². The summed E-state index contributed by atoms with van der Waals surface area (Å²) in [6, 6.07) is 12.7. The predicted molar refractivity (Wildman–Crippen MR) is 85.6 cm³/mol. The van der Waals surface area contributed by atoms with Gasteiger partial charge in [0.1, 0.15) is 5.75 Å². The van der Waals surface area contributed by atoms with Gasteiger partial charge in [0.2, 0.25) is 5.90 Å². The van der Waals surface area contributed by atoms with Crippen molar-refractivity contribution in [2.24, 2.45) is 4.99 Å². The molecular formula is C17H16ClNO3. The molecule has 0 spiro atoms. The second-order valence-corrected chi connectivity index (χ2v) is 5.60. The molecule has 1 heterocycles. The molecule has 3 rings (SSSR count). The molecule has 0 aromatic heterocycles. The second kappa shape index (κ2) is 5.63. The Morgan fingerprint density at radius 2 is 2.05 bits per heavy atom. The van der Waals surface area contributed by atoms with Gasteiger partial charge in [-0.25, -0.2) is 0 Å². The summed E-state index contributed by atoms with van der Waals surface area (Å²) in [5.74, 6) is -0.479. The molecule has 1 aliphatic rings. The van der Waals surface area contributed by atoms with Gasteiger partial charge >= 0.3 is 0 Å². The van der Waals surface area contributed by atoms with E-state index in [1.165, 1.54) is 0 Å². The molecule has 0 radical (unpaired) electrons. The summed E-state index contributed by atoms with van der Waals surface area (Å²) < 4.78 is 11.3. The summed E-state index contributed by atoms with van der Waals surface area (Å²) >= 11 is 5.93. The number of halogens is 1. The van der Waals surface area contributed by atoms with Crippen LogP contribution in [0.2, 0.25) is 5.02 Å². The van der Waals surface area contributed by atoms with Crippen LogP contribution in [-0.4, -0.2) is 24.7 Å². The SMILES string of the molecule is CN=C1OC(O)(COc2ccc(Cl)cc2C)c2ccccc21. The molecule has 2 aromatic carbocycles. The molecule has 1 aliphatic heterocycles. The Balaban J connectivity index is 1.86. The number of nitrogens with zero attached hydrogens (tertiary/aromatic N) is 1. The quantitative estimate of drug-likeness (QED) is 0.945. The minimum Gasteiger partial charge on any atom is -0.486 e. The van der Waals surface area contributed by atoms with Crippen LogP contribution < -0.4 is 4.74 Å². The molecule has 1 atom stereocenters. The number of rotatable bonds is 3. The summed E-state index contributed by atoms with van der Waals surface area (Å²) in [6.07, 6.45) is 0. The molecule has 1 unspecified atom stereocenters. The van der Waals surface area contributed by atoms with Gasteiger partial charge in [-0.1, -0.05) is 29.8 Å². The lowest BCUT2D eigenvalue weighted by Gasteiger charge is -2.23. The minimum absolute atomic E-state index is 0.0362. The van der Waals surface area contributed by atoms with Crippen LogP contribution in [0, 0.1) is 6.92 Å². The monoisotopic (exact) mass is 317 g/mol. The Labute approximate surface area is 134 Å². The first-order chi connectivity index (χ1) is 10.5. The molecule has 0 saturated carbocycles. The van der Waals surface area contributed by atoms with Crippen molar-refractivity contribution >= 4 is 17.5 Å². The molecule has 0 bridgehead atoms. The maximum Gasteiger partial charge on any atom is 0.271 e. The van der Waals surface area contributed by atoms with Crippen LogP contribution in [0.25, 0.3) is 0 Å². The van der Waals surface area contributed by atoms with Crippen LogP contribution in [0.3, 0.4) is 0 Å². The normalized spacial score (nSPS) is 21.5. The zero-order valence-corrected chi connectivity index (χ0v) is 13.1. The van der Waals surface area contributed by atoms with Crippen LogP contribution in [0.5, 0.6) is 5.75 Å². The zero-order chi connectivity index (χ0) is 15.7. The summed E-state index contributed by atoms with van der Waals surface area (Å²) in [5, 5.41) is 11.4. The summed E-state index contributed by atoms with van der Waals surface area (Å²) in [7, 11) is 1.63. The molecular weight excluding hydrogens is 302 g/mol. The molecule has 0 aliphatic carbocycles. The molecule has 0 amide bonds. The van der Waals surface area contributed by atoms with E-state index >= 15 is 0 Å². The fraction of sp³-hybridized carbons (Fsp3) is 0.235. The third-order valence-corrected chi connectivity index (χ3v) is 3.84. The van der Waals surface area contributed by atoms with Crippen molar-refractivity contribution in [1.82, 2.24) is 0 Å². The van der Waals surface area contributed by atoms with Gasteiger partial charge < -0.3 is 14.6 Å². The van der Waals surface area contributed by atoms with E-state index in [4.69, 9.17) is 21.1 Å². The van der Waals surface area contributed by atoms with Gasteiger partial charge in [0.15, 0.2) is 6.61 Å². The lowest BCUT2D eigenvalue weighted by atomic mass is 10.0. The maximum absolute atomic E-state index is 10.8. The lowest BCUT2D eigenvalue weighted by Crippen LogP contribution is -2.33. The highest BCUT2D eigenvalue weighted by molar-refractivity contribution is 6.30. The van der Waals surface area contributed by atoms with E-state index in [-0.39, 0.29) is 6.61 Å². The predicted octanol–water partition coefficient (Wildman–Crippen LogP) is 3.28. The van der Waals surface area contributed by atoms with Crippen molar-refractivity contribution in [1.29, 1.82) is 0 Å². The van der Waals surface area contributed by atoms with E-state index in [0.29, 0.717) is 22.2 Å². The van der Waals surface area contributed by atoms with E-state index in [0.717, 1.165) is 11.1 Å². The van der Waals surface area contributed by atoms with E-state index in [2.05, 4.69) is 4.99 Å². The number of ether oxygens (including phenoxy) is 2. The Bertz CT molecular complexity index is 744. The number of aliphatic hydroxyl groups is 1. The highest BCUT2D eigenvalue weighted by Crippen LogP contribution is 2.35. The van der Waals surface area contributed by atoms with Gasteiger partial charge in [0.25, 0.3) is 5.79 Å². The van der Waals surface area contributed by atoms with Gasteiger partial charge in [-0.2, -0.15) is 0 Å². The van der Waals surface area contributed by atoms with Crippen LogP contribution >= 0.6 is 11.6 Å². The number of hydrogen-bond donors (Lipinski definition) is 1. The fourth-order valence-electron chi connectivity index (χ4n) is 2.50. The molecule has 2 aromatic rings.